The molecule has 0 aromatic carbocycles. The van der Waals surface area contributed by atoms with E-state index in [-0.39, 0.29) is 5.72 Å². The highest BCUT2D eigenvalue weighted by atomic mass is 16.4. The number of nitrogens with one attached hydrogen (secondary N) is 1. The molecule has 7 heteroatoms. The van der Waals surface area contributed by atoms with Crippen LogP contribution in [0.25, 0.3) is 11.2 Å². The minimum Gasteiger partial charge on any atom is -0.421 e. The van der Waals surface area contributed by atoms with E-state index in [0.29, 0.717) is 23.4 Å². The number of aromatic amines is 1. The zero-order valence-corrected chi connectivity index (χ0v) is 7.88. The molecule has 0 aliphatic carbocycles. The van der Waals surface area contributed by atoms with Gasteiger partial charge >= 0.3 is 7.12 Å². The van der Waals surface area contributed by atoms with Crippen LogP contribution in [0.3, 0.4) is 0 Å². The average Bonchev–Trinajstić information content (AvgIpc) is 2.61. The molecule has 76 valence electrons. The Morgan fingerprint density at radius 1 is 1.47 bits per heavy atom. The first-order valence-electron chi connectivity index (χ1n) is 4.39. The number of fused-ring (bicyclic) bond motifs is 1. The quantitative estimate of drug-likeness (QED) is 0.429. The minimum absolute atomic E-state index is 0.0649. The Labute approximate surface area is 85.9 Å². The average molecular weight is 204 g/mol. The van der Waals surface area contributed by atoms with Gasteiger partial charge in [-0.1, -0.05) is 6.08 Å². The van der Waals surface area contributed by atoms with E-state index in [1.807, 2.05) is 0 Å². The molecule has 0 aliphatic rings. The lowest BCUT2D eigenvalue weighted by Crippen LogP contribution is -2.33. The Morgan fingerprint density at radius 2 is 2.27 bits per heavy atom. The summed E-state index contributed by atoms with van der Waals surface area (Å²) in [5.74, 6) is 0.600. The van der Waals surface area contributed by atoms with E-state index < -0.39 is 7.12 Å². The van der Waals surface area contributed by atoms with Crippen LogP contribution in [0.15, 0.2) is 18.9 Å². The normalized spacial score (nSPS) is 10.5. The number of allylic oxidation sites excluding steroid dienone is 1. The van der Waals surface area contributed by atoms with Gasteiger partial charge in [-0.15, -0.1) is 6.58 Å². The van der Waals surface area contributed by atoms with Crippen LogP contribution in [-0.2, 0) is 6.42 Å². The summed E-state index contributed by atoms with van der Waals surface area (Å²) in [7, 11) is -1.62. The van der Waals surface area contributed by atoms with Crippen LogP contribution in [0, 0.1) is 0 Å². The molecule has 0 bridgehead atoms. The number of H-pyrrole nitrogens is 1. The summed E-state index contributed by atoms with van der Waals surface area (Å²) in [6, 6.07) is 0. The summed E-state index contributed by atoms with van der Waals surface area (Å²) in [6.45, 7) is 3.58. The highest BCUT2D eigenvalue weighted by Gasteiger charge is 2.16. The van der Waals surface area contributed by atoms with E-state index in [0.717, 1.165) is 0 Å². The molecule has 0 atom stereocenters. The molecule has 15 heavy (non-hydrogen) atoms. The van der Waals surface area contributed by atoms with Gasteiger partial charge in [0.2, 0.25) is 0 Å². The second-order valence-corrected chi connectivity index (χ2v) is 3.01. The van der Waals surface area contributed by atoms with Crippen LogP contribution in [0.4, 0.5) is 0 Å². The Hall–Kier alpha value is -1.73. The standard InChI is InChI=1S/C8H9BN4O2/c1-2-3-6-10-4-5-7(12-6)13-8(11-5)9(14)15/h2,4,14-15H,1,3H2,(H,10,11,12,13). The molecule has 0 saturated heterocycles. The van der Waals surface area contributed by atoms with Gasteiger partial charge in [0.05, 0.1) is 6.20 Å². The number of nitrogens with zero attached hydrogens (tertiary/aromatic N) is 3. The van der Waals surface area contributed by atoms with Crippen molar-refractivity contribution >= 4 is 24.0 Å². The van der Waals surface area contributed by atoms with Crippen molar-refractivity contribution in [1.29, 1.82) is 0 Å². The molecule has 0 spiro atoms. The van der Waals surface area contributed by atoms with E-state index in [1.54, 1.807) is 12.3 Å². The van der Waals surface area contributed by atoms with Gasteiger partial charge in [-0.2, -0.15) is 0 Å². The molecular formula is C8H9BN4O2. The largest absolute Gasteiger partial charge is 0.526 e. The topological polar surface area (TPSA) is 94.9 Å². The number of aromatic nitrogens is 4. The highest BCUT2D eigenvalue weighted by molar-refractivity contribution is 6.56. The van der Waals surface area contributed by atoms with Gasteiger partial charge in [0.15, 0.2) is 5.65 Å². The fourth-order valence-corrected chi connectivity index (χ4v) is 1.21. The lowest BCUT2D eigenvalue weighted by Gasteiger charge is -1.92. The van der Waals surface area contributed by atoms with Gasteiger partial charge < -0.3 is 15.0 Å². The smallest absolute Gasteiger partial charge is 0.421 e. The summed E-state index contributed by atoms with van der Waals surface area (Å²) in [4.78, 5) is 14.8. The summed E-state index contributed by atoms with van der Waals surface area (Å²) in [5.41, 5.74) is 1.06. The van der Waals surface area contributed by atoms with Gasteiger partial charge in [0.25, 0.3) is 0 Å². The summed E-state index contributed by atoms with van der Waals surface area (Å²) < 4.78 is 0. The Balaban J connectivity index is 2.47. The highest BCUT2D eigenvalue weighted by Crippen LogP contribution is 2.03. The Morgan fingerprint density at radius 3 is 2.93 bits per heavy atom. The third kappa shape index (κ3) is 1.88. The van der Waals surface area contributed by atoms with Crippen LogP contribution >= 0.6 is 0 Å². The van der Waals surface area contributed by atoms with Gasteiger partial charge in [-0.3, -0.25) is 0 Å². The number of hydrogen-bond acceptors (Lipinski definition) is 5. The molecular weight excluding hydrogens is 195 g/mol. The van der Waals surface area contributed by atoms with Gasteiger partial charge in [-0.05, 0) is 0 Å². The van der Waals surface area contributed by atoms with Crippen LogP contribution in [0.2, 0.25) is 0 Å². The molecule has 0 aliphatic heterocycles. The second-order valence-electron chi connectivity index (χ2n) is 3.01. The Bertz CT molecular complexity index is 496. The first-order chi connectivity index (χ1) is 7.20. The fraction of sp³-hybridized carbons (Fsp3) is 0.125. The molecule has 2 rings (SSSR count). The van der Waals surface area contributed by atoms with Gasteiger partial charge in [-0.25, -0.2) is 15.0 Å². The van der Waals surface area contributed by atoms with Crippen molar-refractivity contribution < 1.29 is 10.0 Å². The zero-order valence-electron chi connectivity index (χ0n) is 7.88. The van der Waals surface area contributed by atoms with E-state index in [9.17, 15) is 0 Å². The molecule has 0 saturated carbocycles. The predicted octanol–water partition coefficient (Wildman–Crippen LogP) is -1.24. The maximum absolute atomic E-state index is 8.89. The summed E-state index contributed by atoms with van der Waals surface area (Å²) in [5, 5.41) is 17.8. The van der Waals surface area contributed by atoms with E-state index in [2.05, 4.69) is 26.5 Å². The molecule has 2 heterocycles. The molecule has 2 aromatic rings. The Kier molecular flexibility index (Phi) is 2.48. The van der Waals surface area contributed by atoms with Gasteiger partial charge in [0, 0.05) is 6.42 Å². The fourth-order valence-electron chi connectivity index (χ4n) is 1.21. The van der Waals surface area contributed by atoms with Crippen molar-refractivity contribution in [3.8, 4) is 0 Å². The molecule has 6 nitrogen and oxygen atoms in total. The predicted molar refractivity (Wildman–Crippen MR) is 55.4 cm³/mol. The molecule has 0 unspecified atom stereocenters. The number of hydrogen-bond donors (Lipinski definition) is 3. The van der Waals surface area contributed by atoms with E-state index in [4.69, 9.17) is 10.0 Å². The third-order valence-electron chi connectivity index (χ3n) is 1.88. The van der Waals surface area contributed by atoms with Crippen molar-refractivity contribution in [1.82, 2.24) is 19.9 Å². The maximum atomic E-state index is 8.89. The number of imidazole rings is 1. The molecule has 0 amide bonds. The van der Waals surface area contributed by atoms with E-state index >= 15 is 0 Å². The van der Waals surface area contributed by atoms with E-state index in [1.165, 1.54) is 0 Å². The maximum Gasteiger partial charge on any atom is 0.526 e. The lowest BCUT2D eigenvalue weighted by atomic mass is 9.91. The minimum atomic E-state index is -1.62. The molecule has 2 aromatic heterocycles. The van der Waals surface area contributed by atoms with Crippen molar-refractivity contribution in [3.05, 3.63) is 24.7 Å². The van der Waals surface area contributed by atoms with Crippen LogP contribution < -0.4 is 5.72 Å². The zero-order chi connectivity index (χ0) is 10.8. The second kappa shape index (κ2) is 3.80. The monoisotopic (exact) mass is 204 g/mol. The van der Waals surface area contributed by atoms with Crippen molar-refractivity contribution in [2.24, 2.45) is 0 Å². The first-order valence-corrected chi connectivity index (χ1v) is 4.39. The SMILES string of the molecule is C=CCc1ncc2[nH]c(B(O)O)nc2n1. The van der Waals surface area contributed by atoms with Crippen molar-refractivity contribution in [2.45, 2.75) is 6.42 Å². The molecule has 0 radical (unpaired) electrons. The first kappa shape index (κ1) is 9.82. The number of rotatable bonds is 3. The van der Waals surface area contributed by atoms with Crippen LogP contribution in [0.5, 0.6) is 0 Å². The van der Waals surface area contributed by atoms with Gasteiger partial charge in [0.1, 0.15) is 17.1 Å². The lowest BCUT2D eigenvalue weighted by molar-refractivity contribution is 0.423. The van der Waals surface area contributed by atoms with Crippen molar-refractivity contribution in [2.75, 3.05) is 0 Å². The van der Waals surface area contributed by atoms with Crippen molar-refractivity contribution in [3.63, 3.8) is 0 Å². The third-order valence-corrected chi connectivity index (χ3v) is 1.88. The summed E-state index contributed by atoms with van der Waals surface area (Å²) >= 11 is 0. The van der Waals surface area contributed by atoms with Crippen LogP contribution in [-0.4, -0.2) is 37.1 Å². The van der Waals surface area contributed by atoms with Crippen LogP contribution in [0.1, 0.15) is 5.82 Å². The molecule has 3 N–H and O–H groups in total. The molecule has 0 fully saturated rings. The summed E-state index contributed by atoms with van der Waals surface area (Å²) in [6.07, 6.45) is 3.80.